The van der Waals surface area contributed by atoms with Gasteiger partial charge in [-0.1, -0.05) is 6.42 Å². The van der Waals surface area contributed by atoms with E-state index in [0.717, 1.165) is 25.9 Å². The van der Waals surface area contributed by atoms with E-state index in [1.54, 1.807) is 0 Å². The van der Waals surface area contributed by atoms with Crippen LogP contribution in [-0.2, 0) is 35.2 Å². The van der Waals surface area contributed by atoms with Crippen LogP contribution in [0.25, 0.3) is 0 Å². The van der Waals surface area contributed by atoms with Crippen molar-refractivity contribution in [2.75, 3.05) is 13.1 Å². The first-order valence-electron chi connectivity index (χ1n) is 6.55. The molecule has 2 aliphatic rings. The molecule has 0 spiro atoms. The van der Waals surface area contributed by atoms with Crippen LogP contribution in [0.2, 0.25) is 0 Å². The first-order valence-corrected chi connectivity index (χ1v) is 8.12. The topological polar surface area (TPSA) is 226 Å². The van der Waals surface area contributed by atoms with E-state index in [0.29, 0.717) is 0 Å². The van der Waals surface area contributed by atoms with Gasteiger partial charge in [0.25, 0.3) is 0 Å². The number of carbonyl (C=O) groups is 2. The minimum atomic E-state index is -4.64. The molecule has 0 aromatic rings. The molecule has 2 rings (SSSR count). The molecule has 11 N–H and O–H groups in total. The maximum Gasteiger partial charge on any atom is 2.00 e. The Hall–Kier alpha value is -0.382. The molecule has 2 fully saturated rings. The quantitative estimate of drug-likeness (QED) is 0.184. The first kappa shape index (κ1) is 28.4. The average Bonchev–Trinajstić information content (AvgIpc) is 2.25. The smallest absolute Gasteiger partial charge is 0.480 e. The number of nitrogens with zero attached hydrogens (tertiary/aromatic N) is 1. The Kier molecular flexibility index (Phi) is 13.4. The van der Waals surface area contributed by atoms with Crippen LogP contribution in [0.3, 0.4) is 0 Å². The van der Waals surface area contributed by atoms with Crippen LogP contribution in [0.15, 0.2) is 0 Å². The van der Waals surface area contributed by atoms with Gasteiger partial charge in [-0.15, -0.1) is 0 Å². The van der Waals surface area contributed by atoms with Gasteiger partial charge in [0.1, 0.15) is 0 Å². The van der Waals surface area contributed by atoms with E-state index in [1.807, 2.05) is 0 Å². The number of aliphatic carboxylic acids is 2. The molecule has 0 atom stereocenters. The summed E-state index contributed by atoms with van der Waals surface area (Å²) in [4.78, 5) is 45.8. The number of carboxylic acid groups (broad SMARTS) is 2. The van der Waals surface area contributed by atoms with Crippen LogP contribution in [0.1, 0.15) is 32.1 Å². The summed E-state index contributed by atoms with van der Waals surface area (Å²) in [5.74, 6) is -2.37. The van der Waals surface area contributed by atoms with Crippen molar-refractivity contribution in [3.63, 3.8) is 0 Å². The molecule has 0 radical (unpaired) electrons. The molecule has 1 aliphatic carbocycles. The summed E-state index contributed by atoms with van der Waals surface area (Å²) in [6.07, 6.45) is 4.04. The molecule has 1 aliphatic heterocycles. The molecule has 24 heavy (non-hydrogen) atoms. The summed E-state index contributed by atoms with van der Waals surface area (Å²) in [7, 11) is -4.64. The fraction of sp³-hybridized carbons (Fsp3) is 0.818. The molecule has 0 amide bonds. The predicted octanol–water partition coefficient (Wildman–Crippen LogP) is 0.183. The van der Waals surface area contributed by atoms with Gasteiger partial charge < -0.3 is 42.1 Å². The normalized spacial score (nSPS) is 19.8. The van der Waals surface area contributed by atoms with Crippen molar-refractivity contribution in [1.29, 1.82) is 0 Å². The third-order valence-electron chi connectivity index (χ3n) is 3.89. The van der Waals surface area contributed by atoms with Crippen molar-refractivity contribution in [3.05, 3.63) is 0 Å². The maximum atomic E-state index is 11.0. The largest absolute Gasteiger partial charge is 2.00 e. The second-order valence-electron chi connectivity index (χ2n) is 5.36. The second-order valence-corrected chi connectivity index (χ2v) is 6.39. The van der Waals surface area contributed by atoms with Gasteiger partial charge in [0.2, 0.25) is 0 Å². The van der Waals surface area contributed by atoms with Crippen LogP contribution in [0.4, 0.5) is 0 Å². The van der Waals surface area contributed by atoms with E-state index >= 15 is 0 Å². The van der Waals surface area contributed by atoms with Crippen molar-refractivity contribution in [2.45, 2.75) is 38.1 Å². The van der Waals surface area contributed by atoms with Crippen LogP contribution in [0, 0.1) is 5.41 Å². The van der Waals surface area contributed by atoms with E-state index in [1.165, 1.54) is 6.42 Å². The molecular weight excluding hydrogens is 528 g/mol. The number of hydrogen-bond donors (Lipinski definition) is 7. The van der Waals surface area contributed by atoms with Gasteiger partial charge in [-0.05, 0) is 38.8 Å². The zero-order chi connectivity index (χ0) is 16.3. The summed E-state index contributed by atoms with van der Waals surface area (Å²) in [6.45, 7) is 1.97. The third kappa shape index (κ3) is 8.13. The summed E-state index contributed by atoms with van der Waals surface area (Å²) in [5, 5.41) is 17.9. The molecule has 11 nitrogen and oxygen atoms in total. The standard InChI is InChI=1S/C11H17NO4.2H3N.H3O4P.Pt/c13-9(14)11(10(15)16)6-8(7-11)12-4-2-1-3-5-12;;;1-5(2,3)4;/h8H,1-7H2,(H,13,14)(H,15,16);2*1H3;(H3,1,2,3,4);/q;;;;+2. The van der Waals surface area contributed by atoms with Crippen LogP contribution < -0.4 is 12.3 Å². The van der Waals surface area contributed by atoms with Crippen molar-refractivity contribution in [3.8, 4) is 0 Å². The average molecular weight is 554 g/mol. The minimum Gasteiger partial charge on any atom is -0.480 e. The summed E-state index contributed by atoms with van der Waals surface area (Å²) < 4.78 is 8.88. The monoisotopic (exact) mass is 554 g/mol. The van der Waals surface area contributed by atoms with Gasteiger partial charge in [0.15, 0.2) is 5.41 Å². The molecule has 0 aromatic carbocycles. The molecule has 1 saturated carbocycles. The van der Waals surface area contributed by atoms with Crippen molar-refractivity contribution >= 4 is 19.8 Å². The van der Waals surface area contributed by atoms with Gasteiger partial charge >= 0.3 is 40.8 Å². The van der Waals surface area contributed by atoms with E-state index in [-0.39, 0.29) is 52.2 Å². The summed E-state index contributed by atoms with van der Waals surface area (Å²) >= 11 is 0. The van der Waals surface area contributed by atoms with Gasteiger partial charge in [-0.3, -0.25) is 9.59 Å². The molecule has 13 heteroatoms. The zero-order valence-electron chi connectivity index (χ0n) is 13.1. The fourth-order valence-electron chi connectivity index (χ4n) is 2.73. The van der Waals surface area contributed by atoms with E-state index < -0.39 is 25.2 Å². The van der Waals surface area contributed by atoms with E-state index in [4.69, 9.17) is 29.5 Å². The fourth-order valence-corrected chi connectivity index (χ4v) is 2.73. The first-order chi connectivity index (χ1) is 9.56. The molecule has 1 saturated heterocycles. The van der Waals surface area contributed by atoms with Crippen molar-refractivity contribution in [2.24, 2.45) is 5.41 Å². The Morgan fingerprint density at radius 2 is 1.25 bits per heavy atom. The number of hydrogen-bond acceptors (Lipinski definition) is 6. The van der Waals surface area contributed by atoms with Gasteiger partial charge in [-0.2, -0.15) is 0 Å². The number of phosphoric acid groups is 1. The van der Waals surface area contributed by atoms with Gasteiger partial charge in [-0.25, -0.2) is 4.57 Å². The van der Waals surface area contributed by atoms with Gasteiger partial charge in [0, 0.05) is 6.04 Å². The van der Waals surface area contributed by atoms with Crippen molar-refractivity contribution in [1.82, 2.24) is 17.2 Å². The molecule has 146 valence electrons. The molecular formula is C11H26N3O8PPt+2. The Morgan fingerprint density at radius 1 is 0.917 bits per heavy atom. The minimum absolute atomic E-state index is 0. The predicted molar refractivity (Wildman–Crippen MR) is 80.5 cm³/mol. The molecule has 0 aromatic heterocycles. The second kappa shape index (κ2) is 11.3. The number of piperidine rings is 1. The Bertz CT molecular complexity index is 424. The van der Waals surface area contributed by atoms with Gasteiger partial charge in [0.05, 0.1) is 0 Å². The van der Waals surface area contributed by atoms with Crippen LogP contribution in [-0.4, -0.2) is 60.9 Å². The SMILES string of the molecule is N.N.O=C(O)C1(C(=O)O)CC(N2CCCCC2)C1.O=P(O)(O)O.[Pt+2]. The van der Waals surface area contributed by atoms with E-state index in [2.05, 4.69) is 4.90 Å². The maximum absolute atomic E-state index is 11.0. The number of rotatable bonds is 3. The molecule has 0 bridgehead atoms. The molecule has 1 heterocycles. The number of likely N-dealkylation sites (tertiary alicyclic amines) is 1. The Labute approximate surface area is 154 Å². The third-order valence-corrected chi connectivity index (χ3v) is 3.89. The summed E-state index contributed by atoms with van der Waals surface area (Å²) in [6, 6.07) is 0.160. The van der Waals surface area contributed by atoms with E-state index in [9.17, 15) is 9.59 Å². The summed E-state index contributed by atoms with van der Waals surface area (Å²) in [5.41, 5.74) is -1.51. The van der Waals surface area contributed by atoms with Crippen molar-refractivity contribution < 1.29 is 60.1 Å². The van der Waals surface area contributed by atoms with Crippen LogP contribution >= 0.6 is 7.82 Å². The molecule has 0 unspecified atom stereocenters. The number of carboxylic acids is 2. The zero-order valence-corrected chi connectivity index (χ0v) is 16.3. The van der Waals surface area contributed by atoms with Crippen LogP contribution in [0.5, 0.6) is 0 Å². The Balaban J connectivity index is -0.000000490. The Morgan fingerprint density at radius 3 is 1.54 bits per heavy atom.